The second-order valence-corrected chi connectivity index (χ2v) is 4.02. The third-order valence-electron chi connectivity index (χ3n) is 2.67. The predicted molar refractivity (Wildman–Crippen MR) is 65.3 cm³/mol. The summed E-state index contributed by atoms with van der Waals surface area (Å²) in [6, 6.07) is 7.74. The molecule has 0 spiro atoms. The van der Waals surface area contributed by atoms with Crippen molar-refractivity contribution >= 4 is 17.0 Å². The summed E-state index contributed by atoms with van der Waals surface area (Å²) in [7, 11) is 0. The van der Waals surface area contributed by atoms with Gasteiger partial charge < -0.3 is 5.32 Å². The Balaban J connectivity index is 2.13. The first-order valence-electron chi connectivity index (χ1n) is 5.63. The largest absolute Gasteiger partial charge is 0.353 e. The van der Waals surface area contributed by atoms with E-state index < -0.39 is 0 Å². The number of benzene rings is 1. The van der Waals surface area contributed by atoms with Crippen LogP contribution in [0, 0.1) is 5.92 Å². The van der Waals surface area contributed by atoms with Crippen LogP contribution >= 0.6 is 0 Å². The third-order valence-corrected chi connectivity index (χ3v) is 2.67. The van der Waals surface area contributed by atoms with Gasteiger partial charge in [-0.2, -0.15) is 0 Å². The zero-order valence-corrected chi connectivity index (χ0v) is 9.64. The molecule has 1 aromatic carbocycles. The minimum absolute atomic E-state index is 0.610. The molecule has 0 aliphatic carbocycles. The number of para-hydroxylation sites is 1. The summed E-state index contributed by atoms with van der Waals surface area (Å²) in [6.45, 7) is 5.25. The van der Waals surface area contributed by atoms with Gasteiger partial charge in [-0.15, -0.1) is 10.2 Å². The lowest BCUT2D eigenvalue weighted by Crippen LogP contribution is -2.12. The first-order chi connectivity index (χ1) is 7.79. The molecule has 84 valence electrons. The highest BCUT2D eigenvalue weighted by atomic mass is 15.2. The molecule has 2 aromatic rings. The fourth-order valence-corrected chi connectivity index (χ4v) is 1.37. The van der Waals surface area contributed by atoms with Crippen molar-refractivity contribution in [2.45, 2.75) is 20.3 Å². The topological polar surface area (TPSA) is 50.7 Å². The van der Waals surface area contributed by atoms with Crippen LogP contribution < -0.4 is 5.32 Å². The van der Waals surface area contributed by atoms with Gasteiger partial charge in [-0.25, -0.2) is 4.98 Å². The number of fused-ring (bicyclic) bond motifs is 1. The van der Waals surface area contributed by atoms with Gasteiger partial charge in [0.2, 0.25) is 5.95 Å². The van der Waals surface area contributed by atoms with Gasteiger partial charge in [0.1, 0.15) is 5.52 Å². The number of nitrogens with zero attached hydrogens (tertiary/aromatic N) is 3. The van der Waals surface area contributed by atoms with Gasteiger partial charge in [-0.3, -0.25) is 0 Å². The highest BCUT2D eigenvalue weighted by Crippen LogP contribution is 2.09. The van der Waals surface area contributed by atoms with Crippen LogP contribution in [0.2, 0.25) is 0 Å². The molecule has 0 amide bonds. The molecule has 1 aromatic heterocycles. The van der Waals surface area contributed by atoms with Crippen molar-refractivity contribution < 1.29 is 0 Å². The molecular formula is C12H16N4. The van der Waals surface area contributed by atoms with Crippen molar-refractivity contribution in [3.8, 4) is 0 Å². The van der Waals surface area contributed by atoms with E-state index >= 15 is 0 Å². The molecule has 4 heteroatoms. The summed E-state index contributed by atoms with van der Waals surface area (Å²) in [6.07, 6.45) is 1.15. The smallest absolute Gasteiger partial charge is 0.243 e. The van der Waals surface area contributed by atoms with Crippen molar-refractivity contribution in [2.75, 3.05) is 11.9 Å². The van der Waals surface area contributed by atoms with E-state index in [1.807, 2.05) is 24.3 Å². The molecular weight excluding hydrogens is 200 g/mol. The zero-order chi connectivity index (χ0) is 11.4. The second-order valence-electron chi connectivity index (χ2n) is 4.02. The predicted octanol–water partition coefficient (Wildman–Crippen LogP) is 2.48. The zero-order valence-electron chi connectivity index (χ0n) is 9.64. The lowest BCUT2D eigenvalue weighted by atomic mass is 10.1. The molecule has 0 fully saturated rings. The van der Waals surface area contributed by atoms with Crippen LogP contribution in [0.1, 0.15) is 20.3 Å². The maximum absolute atomic E-state index is 4.40. The second kappa shape index (κ2) is 4.88. The molecule has 0 bridgehead atoms. The van der Waals surface area contributed by atoms with E-state index in [0.717, 1.165) is 24.0 Å². The summed E-state index contributed by atoms with van der Waals surface area (Å²) >= 11 is 0. The first-order valence-corrected chi connectivity index (χ1v) is 5.63. The third kappa shape index (κ3) is 2.45. The van der Waals surface area contributed by atoms with Crippen LogP contribution in [0.4, 0.5) is 5.95 Å². The Morgan fingerprint density at radius 2 is 1.94 bits per heavy atom. The van der Waals surface area contributed by atoms with Gasteiger partial charge in [-0.05, 0) is 18.1 Å². The van der Waals surface area contributed by atoms with E-state index in [9.17, 15) is 0 Å². The fraction of sp³-hybridized carbons (Fsp3) is 0.417. The van der Waals surface area contributed by atoms with E-state index in [0.29, 0.717) is 11.9 Å². The quantitative estimate of drug-likeness (QED) is 0.853. The minimum atomic E-state index is 0.610. The Bertz CT molecular complexity index is 469. The van der Waals surface area contributed by atoms with E-state index in [2.05, 4.69) is 34.3 Å². The normalized spacial score (nSPS) is 12.6. The standard InChI is InChI=1S/C12H16N4/c1-3-9(2)8-13-12-14-10-6-4-5-7-11(10)15-16-12/h4-7,9H,3,8H2,1-2H3,(H,13,14,16). The molecule has 1 N–H and O–H groups in total. The van der Waals surface area contributed by atoms with Gasteiger partial charge in [0.25, 0.3) is 0 Å². The Morgan fingerprint density at radius 1 is 1.19 bits per heavy atom. The van der Waals surface area contributed by atoms with E-state index in [1.165, 1.54) is 0 Å². The summed E-state index contributed by atoms with van der Waals surface area (Å²) in [5.41, 5.74) is 1.71. The fourth-order valence-electron chi connectivity index (χ4n) is 1.37. The van der Waals surface area contributed by atoms with Gasteiger partial charge in [0.05, 0.1) is 5.52 Å². The summed E-state index contributed by atoms with van der Waals surface area (Å²) in [5.74, 6) is 1.23. The number of nitrogens with one attached hydrogen (secondary N) is 1. The highest BCUT2D eigenvalue weighted by molar-refractivity contribution is 5.73. The van der Waals surface area contributed by atoms with Gasteiger partial charge in [0, 0.05) is 6.54 Å². The SMILES string of the molecule is CCC(C)CNc1nnc2ccccc2n1. The highest BCUT2D eigenvalue weighted by Gasteiger charge is 2.02. The number of hydrogen-bond acceptors (Lipinski definition) is 4. The van der Waals surface area contributed by atoms with E-state index in [4.69, 9.17) is 0 Å². The van der Waals surface area contributed by atoms with Crippen molar-refractivity contribution in [3.05, 3.63) is 24.3 Å². The van der Waals surface area contributed by atoms with E-state index in [-0.39, 0.29) is 0 Å². The van der Waals surface area contributed by atoms with Crippen molar-refractivity contribution in [2.24, 2.45) is 5.92 Å². The number of aromatic nitrogens is 3. The number of rotatable bonds is 4. The van der Waals surface area contributed by atoms with Crippen LogP contribution in [-0.2, 0) is 0 Å². The van der Waals surface area contributed by atoms with Crippen LogP contribution in [0.3, 0.4) is 0 Å². The first kappa shape index (κ1) is 10.8. The van der Waals surface area contributed by atoms with Crippen LogP contribution in [0.5, 0.6) is 0 Å². The molecule has 0 aliphatic heterocycles. The van der Waals surface area contributed by atoms with Crippen LogP contribution in [0.25, 0.3) is 11.0 Å². The van der Waals surface area contributed by atoms with E-state index in [1.54, 1.807) is 0 Å². The molecule has 1 unspecified atom stereocenters. The monoisotopic (exact) mass is 216 g/mol. The average molecular weight is 216 g/mol. The van der Waals surface area contributed by atoms with Gasteiger partial charge in [-0.1, -0.05) is 32.4 Å². The Kier molecular flexibility index (Phi) is 3.29. The van der Waals surface area contributed by atoms with Crippen molar-refractivity contribution in [3.63, 3.8) is 0 Å². The maximum atomic E-state index is 4.40. The lowest BCUT2D eigenvalue weighted by molar-refractivity contribution is 0.591. The minimum Gasteiger partial charge on any atom is -0.353 e. The summed E-state index contributed by atoms with van der Waals surface area (Å²) in [4.78, 5) is 4.40. The molecule has 0 saturated carbocycles. The molecule has 2 rings (SSSR count). The lowest BCUT2D eigenvalue weighted by Gasteiger charge is -2.09. The Hall–Kier alpha value is -1.71. The molecule has 16 heavy (non-hydrogen) atoms. The molecule has 0 radical (unpaired) electrons. The number of hydrogen-bond donors (Lipinski definition) is 1. The Morgan fingerprint density at radius 3 is 2.69 bits per heavy atom. The molecule has 0 saturated heterocycles. The van der Waals surface area contributed by atoms with Gasteiger partial charge >= 0.3 is 0 Å². The van der Waals surface area contributed by atoms with Crippen molar-refractivity contribution in [1.82, 2.24) is 15.2 Å². The van der Waals surface area contributed by atoms with Crippen LogP contribution in [0.15, 0.2) is 24.3 Å². The maximum Gasteiger partial charge on any atom is 0.243 e. The van der Waals surface area contributed by atoms with Crippen LogP contribution in [-0.4, -0.2) is 21.7 Å². The molecule has 1 heterocycles. The molecule has 0 aliphatic rings. The summed E-state index contributed by atoms with van der Waals surface area (Å²) in [5, 5.41) is 11.4. The molecule has 1 atom stereocenters. The average Bonchev–Trinajstić information content (AvgIpc) is 2.35. The molecule has 4 nitrogen and oxygen atoms in total. The van der Waals surface area contributed by atoms with Crippen molar-refractivity contribution in [1.29, 1.82) is 0 Å². The number of anilines is 1. The van der Waals surface area contributed by atoms with Gasteiger partial charge in [0.15, 0.2) is 0 Å². The Labute approximate surface area is 95.1 Å². The summed E-state index contributed by atoms with van der Waals surface area (Å²) < 4.78 is 0.